The molecule has 0 aliphatic rings. The molecule has 0 fully saturated rings. The molecule has 2 rings (SSSR count). The lowest BCUT2D eigenvalue weighted by atomic mass is 10.0. The van der Waals surface area contributed by atoms with Crippen LogP contribution in [0.4, 0.5) is 4.39 Å². The molecular formula is C23H30FIN4O2. The maximum atomic E-state index is 13.0. The minimum atomic E-state index is -0.738. The molecule has 0 radical (unpaired) electrons. The van der Waals surface area contributed by atoms with Gasteiger partial charge in [-0.1, -0.05) is 24.3 Å². The van der Waals surface area contributed by atoms with Gasteiger partial charge in [0.15, 0.2) is 0 Å². The van der Waals surface area contributed by atoms with Crippen LogP contribution in [0, 0.1) is 9.39 Å². The molecule has 0 aliphatic heterocycles. The van der Waals surface area contributed by atoms with Crippen molar-refractivity contribution in [3.63, 3.8) is 0 Å². The summed E-state index contributed by atoms with van der Waals surface area (Å²) in [5.74, 6) is -0.821. The molecule has 2 amide bonds. The van der Waals surface area contributed by atoms with E-state index in [1.165, 1.54) is 17.0 Å². The first-order valence-electron chi connectivity index (χ1n) is 10.3. The highest BCUT2D eigenvalue weighted by Crippen LogP contribution is 2.12. The van der Waals surface area contributed by atoms with Gasteiger partial charge < -0.3 is 21.7 Å². The summed E-state index contributed by atoms with van der Waals surface area (Å²) in [4.78, 5) is 27.1. The maximum Gasteiger partial charge on any atom is 0.242 e. The van der Waals surface area contributed by atoms with Crippen molar-refractivity contribution in [1.82, 2.24) is 10.2 Å². The fourth-order valence-electron chi connectivity index (χ4n) is 3.29. The third-order valence-electron chi connectivity index (χ3n) is 5.11. The van der Waals surface area contributed by atoms with E-state index in [0.717, 1.165) is 14.7 Å². The zero-order valence-corrected chi connectivity index (χ0v) is 19.8. The summed E-state index contributed by atoms with van der Waals surface area (Å²) in [5, 5.41) is 2.88. The molecular weight excluding hydrogens is 510 g/mol. The summed E-state index contributed by atoms with van der Waals surface area (Å²) in [5.41, 5.74) is 13.7. The van der Waals surface area contributed by atoms with E-state index in [1.807, 2.05) is 24.3 Å². The predicted octanol–water partition coefficient (Wildman–Crippen LogP) is 2.22. The molecule has 2 unspecified atom stereocenters. The zero-order valence-electron chi connectivity index (χ0n) is 17.7. The van der Waals surface area contributed by atoms with E-state index in [1.54, 1.807) is 19.2 Å². The van der Waals surface area contributed by atoms with E-state index >= 15 is 0 Å². The fourth-order valence-corrected chi connectivity index (χ4v) is 3.65. The van der Waals surface area contributed by atoms with E-state index in [9.17, 15) is 14.0 Å². The average molecular weight is 540 g/mol. The van der Waals surface area contributed by atoms with Crippen LogP contribution in [0.3, 0.4) is 0 Å². The van der Waals surface area contributed by atoms with Gasteiger partial charge in [0.1, 0.15) is 11.9 Å². The molecule has 0 spiro atoms. The summed E-state index contributed by atoms with van der Waals surface area (Å²) in [7, 11) is 1.61. The molecule has 2 atom stereocenters. The van der Waals surface area contributed by atoms with Gasteiger partial charge in [0.2, 0.25) is 11.8 Å². The van der Waals surface area contributed by atoms with E-state index in [-0.39, 0.29) is 17.6 Å². The largest absolute Gasteiger partial charge is 0.354 e. The van der Waals surface area contributed by atoms with E-state index in [2.05, 4.69) is 27.9 Å². The van der Waals surface area contributed by atoms with Crippen molar-refractivity contribution >= 4 is 34.4 Å². The van der Waals surface area contributed by atoms with Crippen LogP contribution in [0.5, 0.6) is 0 Å². The highest BCUT2D eigenvalue weighted by atomic mass is 127. The Hall–Kier alpha value is -2.04. The number of carbonyl (C=O) groups is 2. The van der Waals surface area contributed by atoms with Gasteiger partial charge >= 0.3 is 0 Å². The summed E-state index contributed by atoms with van der Waals surface area (Å²) in [6, 6.07) is 12.6. The number of nitrogens with zero attached hydrogens (tertiary/aromatic N) is 1. The first-order chi connectivity index (χ1) is 14.8. The van der Waals surface area contributed by atoms with Gasteiger partial charge in [0.25, 0.3) is 0 Å². The number of carbonyl (C=O) groups excluding carboxylic acids is 2. The van der Waals surface area contributed by atoms with Gasteiger partial charge in [-0.2, -0.15) is 0 Å². The van der Waals surface area contributed by atoms with Gasteiger partial charge in [-0.3, -0.25) is 9.59 Å². The van der Waals surface area contributed by atoms with Crippen LogP contribution in [0.15, 0.2) is 48.5 Å². The first kappa shape index (κ1) is 25.2. The number of rotatable bonds is 11. The van der Waals surface area contributed by atoms with Crippen molar-refractivity contribution in [2.24, 2.45) is 11.5 Å². The molecule has 6 nitrogen and oxygen atoms in total. The minimum absolute atomic E-state index is 0.243. The maximum absolute atomic E-state index is 13.0. The van der Waals surface area contributed by atoms with Gasteiger partial charge in [0, 0.05) is 17.2 Å². The standard InChI is InChI=1S/C23H30FIN4O2/c1-29(23(31)20(27)15-17-6-10-19(25)11-7-17)21(3-2-13-26)22(30)28-14-12-16-4-8-18(24)9-5-16/h4-11,20-21H,2-3,12-15,26-27H2,1H3,(H,28,30). The minimum Gasteiger partial charge on any atom is -0.354 e. The molecule has 5 N–H and O–H groups in total. The number of nitrogens with one attached hydrogen (secondary N) is 1. The van der Waals surface area contributed by atoms with E-state index in [0.29, 0.717) is 38.8 Å². The second-order valence-electron chi connectivity index (χ2n) is 7.50. The van der Waals surface area contributed by atoms with Crippen molar-refractivity contribution in [3.05, 3.63) is 69.0 Å². The normalized spacial score (nSPS) is 12.8. The fraction of sp³-hybridized carbons (Fsp3) is 0.391. The Kier molecular flexibility index (Phi) is 10.4. The second kappa shape index (κ2) is 12.7. The Morgan fingerprint density at radius 3 is 2.32 bits per heavy atom. The number of nitrogens with two attached hydrogens (primary N) is 2. The molecule has 0 heterocycles. The first-order valence-corrected chi connectivity index (χ1v) is 11.4. The van der Waals surface area contributed by atoms with Crippen LogP contribution >= 0.6 is 22.6 Å². The smallest absolute Gasteiger partial charge is 0.242 e. The van der Waals surface area contributed by atoms with Crippen LogP contribution < -0.4 is 16.8 Å². The SMILES string of the molecule is CN(C(=O)C(N)Cc1ccc(I)cc1)C(CCCN)C(=O)NCCc1ccc(F)cc1. The molecule has 0 aromatic heterocycles. The van der Waals surface area contributed by atoms with Crippen LogP contribution in [0.2, 0.25) is 0 Å². The molecule has 2 aromatic carbocycles. The molecule has 0 saturated carbocycles. The Bertz CT molecular complexity index is 846. The molecule has 0 saturated heterocycles. The number of hydrogen-bond donors (Lipinski definition) is 3. The summed E-state index contributed by atoms with van der Waals surface area (Å²) in [6.45, 7) is 0.816. The van der Waals surface area contributed by atoms with E-state index < -0.39 is 12.1 Å². The van der Waals surface area contributed by atoms with Gasteiger partial charge in [-0.05, 0) is 90.2 Å². The van der Waals surface area contributed by atoms with Gasteiger partial charge in [0.05, 0.1) is 6.04 Å². The molecule has 0 aliphatic carbocycles. The van der Waals surface area contributed by atoms with Crippen molar-refractivity contribution in [1.29, 1.82) is 0 Å². The lowest BCUT2D eigenvalue weighted by Gasteiger charge is -2.29. The number of amides is 2. The number of halogens is 2. The van der Waals surface area contributed by atoms with Gasteiger partial charge in [-0.25, -0.2) is 4.39 Å². The number of hydrogen-bond acceptors (Lipinski definition) is 4. The third-order valence-corrected chi connectivity index (χ3v) is 5.83. The summed E-state index contributed by atoms with van der Waals surface area (Å²) in [6.07, 6.45) is 2.03. The van der Waals surface area contributed by atoms with Crippen molar-refractivity contribution in [2.75, 3.05) is 20.1 Å². The monoisotopic (exact) mass is 540 g/mol. The lowest BCUT2D eigenvalue weighted by molar-refractivity contribution is -0.140. The van der Waals surface area contributed by atoms with Gasteiger partial charge in [-0.15, -0.1) is 0 Å². The van der Waals surface area contributed by atoms with Crippen LogP contribution in [-0.4, -0.2) is 48.9 Å². The highest BCUT2D eigenvalue weighted by Gasteiger charge is 2.29. The molecule has 2 aromatic rings. The lowest BCUT2D eigenvalue weighted by Crippen LogP contribution is -2.53. The van der Waals surface area contributed by atoms with Crippen LogP contribution in [0.1, 0.15) is 24.0 Å². The van der Waals surface area contributed by atoms with Crippen LogP contribution in [0.25, 0.3) is 0 Å². The molecule has 8 heteroatoms. The summed E-state index contributed by atoms with van der Waals surface area (Å²) >= 11 is 2.22. The van der Waals surface area contributed by atoms with Crippen molar-refractivity contribution < 1.29 is 14.0 Å². The predicted molar refractivity (Wildman–Crippen MR) is 129 cm³/mol. The Morgan fingerprint density at radius 2 is 1.71 bits per heavy atom. The van der Waals surface area contributed by atoms with Crippen molar-refractivity contribution in [2.45, 2.75) is 37.8 Å². The number of benzene rings is 2. The average Bonchev–Trinajstić information content (AvgIpc) is 2.76. The zero-order chi connectivity index (χ0) is 22.8. The second-order valence-corrected chi connectivity index (χ2v) is 8.75. The summed E-state index contributed by atoms with van der Waals surface area (Å²) < 4.78 is 14.1. The Labute approximate surface area is 196 Å². The number of likely N-dealkylation sites (N-methyl/N-ethyl adjacent to an activating group) is 1. The van der Waals surface area contributed by atoms with Crippen LogP contribution in [-0.2, 0) is 22.4 Å². The Morgan fingerprint density at radius 1 is 1.10 bits per heavy atom. The molecule has 0 bridgehead atoms. The van der Waals surface area contributed by atoms with E-state index in [4.69, 9.17) is 11.5 Å². The topological polar surface area (TPSA) is 101 Å². The quantitative estimate of drug-likeness (QED) is 0.381. The molecule has 31 heavy (non-hydrogen) atoms. The molecule has 168 valence electrons. The highest BCUT2D eigenvalue weighted by molar-refractivity contribution is 14.1. The van der Waals surface area contributed by atoms with Crippen molar-refractivity contribution in [3.8, 4) is 0 Å². The Balaban J connectivity index is 1.95. The third kappa shape index (κ3) is 8.19.